The fraction of sp³-hybridized carbons (Fsp3) is 0.909. The summed E-state index contributed by atoms with van der Waals surface area (Å²) in [5.41, 5.74) is 5.90. The molecule has 14 heavy (non-hydrogen) atoms. The number of nitrogens with two attached hydrogens (primary N) is 1. The topological polar surface area (TPSA) is 46.3 Å². The molecule has 2 atom stereocenters. The number of rotatable bonds is 1. The maximum Gasteiger partial charge on any atom is 0.241 e. The lowest BCUT2D eigenvalue weighted by Gasteiger charge is -2.50. The van der Waals surface area contributed by atoms with Crippen LogP contribution in [0.1, 0.15) is 39.5 Å². The first-order valence-corrected chi connectivity index (χ1v) is 5.58. The van der Waals surface area contributed by atoms with Crippen LogP contribution in [0.5, 0.6) is 0 Å². The number of hydrogen-bond acceptors (Lipinski definition) is 2. The first-order valence-electron chi connectivity index (χ1n) is 5.58. The van der Waals surface area contributed by atoms with E-state index in [-0.39, 0.29) is 17.4 Å². The van der Waals surface area contributed by atoms with Crippen LogP contribution in [-0.4, -0.2) is 29.4 Å². The van der Waals surface area contributed by atoms with Crippen LogP contribution in [0.15, 0.2) is 0 Å². The van der Waals surface area contributed by atoms with Gasteiger partial charge in [-0.3, -0.25) is 4.79 Å². The minimum absolute atomic E-state index is 0.157. The standard InChI is InChI=1S/C11H20N2O/c1-11(2)6-4-3-5-9(11)13-7-8(12)10(13)14/h8-9H,3-7,12H2,1-2H3. The van der Waals surface area contributed by atoms with E-state index in [0.29, 0.717) is 6.04 Å². The Balaban J connectivity index is 2.06. The van der Waals surface area contributed by atoms with Gasteiger partial charge in [0.05, 0.1) is 0 Å². The SMILES string of the molecule is CC1(C)CCCCC1N1CC(N)C1=O. The van der Waals surface area contributed by atoms with E-state index < -0.39 is 0 Å². The predicted molar refractivity (Wildman–Crippen MR) is 55.7 cm³/mol. The summed E-state index contributed by atoms with van der Waals surface area (Å²) < 4.78 is 0. The molecule has 1 aliphatic heterocycles. The number of carbonyl (C=O) groups excluding carboxylic acids is 1. The van der Waals surface area contributed by atoms with E-state index in [1.807, 2.05) is 4.90 Å². The molecular weight excluding hydrogens is 176 g/mol. The zero-order chi connectivity index (χ0) is 10.3. The lowest BCUT2D eigenvalue weighted by atomic mass is 9.71. The van der Waals surface area contributed by atoms with Crippen molar-refractivity contribution in [2.24, 2.45) is 11.1 Å². The van der Waals surface area contributed by atoms with Crippen molar-refractivity contribution in [3.63, 3.8) is 0 Å². The van der Waals surface area contributed by atoms with Crippen molar-refractivity contribution in [2.75, 3.05) is 6.54 Å². The molecule has 1 saturated heterocycles. The Morgan fingerprint density at radius 2 is 2.14 bits per heavy atom. The van der Waals surface area contributed by atoms with E-state index in [2.05, 4.69) is 13.8 Å². The Morgan fingerprint density at radius 1 is 1.43 bits per heavy atom. The van der Waals surface area contributed by atoms with Gasteiger partial charge in [0.1, 0.15) is 6.04 Å². The molecule has 1 saturated carbocycles. The van der Waals surface area contributed by atoms with Gasteiger partial charge >= 0.3 is 0 Å². The van der Waals surface area contributed by atoms with Gasteiger partial charge in [-0.15, -0.1) is 0 Å². The van der Waals surface area contributed by atoms with Crippen molar-refractivity contribution in [1.29, 1.82) is 0 Å². The third-order valence-electron chi connectivity index (χ3n) is 3.82. The number of hydrogen-bond donors (Lipinski definition) is 1. The normalized spacial score (nSPS) is 36.8. The van der Waals surface area contributed by atoms with Gasteiger partial charge in [-0.25, -0.2) is 0 Å². The average molecular weight is 196 g/mol. The Morgan fingerprint density at radius 3 is 2.64 bits per heavy atom. The molecule has 0 aromatic carbocycles. The van der Waals surface area contributed by atoms with Gasteiger partial charge in [0.25, 0.3) is 0 Å². The molecule has 0 aromatic rings. The van der Waals surface area contributed by atoms with Crippen LogP contribution in [0.4, 0.5) is 0 Å². The maximum atomic E-state index is 11.5. The Hall–Kier alpha value is -0.570. The molecule has 0 spiro atoms. The molecule has 2 N–H and O–H groups in total. The highest BCUT2D eigenvalue weighted by atomic mass is 16.2. The second kappa shape index (κ2) is 3.23. The van der Waals surface area contributed by atoms with Gasteiger partial charge in [-0.1, -0.05) is 26.7 Å². The Bertz CT molecular complexity index is 250. The number of β-lactam (4-membered cyclic amide) rings is 1. The maximum absolute atomic E-state index is 11.5. The Kier molecular flexibility index (Phi) is 2.30. The summed E-state index contributed by atoms with van der Waals surface area (Å²) in [6.45, 7) is 5.31. The van der Waals surface area contributed by atoms with Crippen LogP contribution in [0.3, 0.4) is 0 Å². The van der Waals surface area contributed by atoms with E-state index in [1.165, 1.54) is 19.3 Å². The first kappa shape index (κ1) is 9.97. The molecule has 0 aromatic heterocycles. The number of carbonyl (C=O) groups is 1. The fourth-order valence-electron chi connectivity index (χ4n) is 2.81. The van der Waals surface area contributed by atoms with Crippen LogP contribution < -0.4 is 5.73 Å². The largest absolute Gasteiger partial charge is 0.336 e. The average Bonchev–Trinajstić information content (AvgIpc) is 2.14. The highest BCUT2D eigenvalue weighted by Crippen LogP contribution is 2.40. The van der Waals surface area contributed by atoms with E-state index in [4.69, 9.17) is 5.73 Å². The van der Waals surface area contributed by atoms with Crippen LogP contribution in [0, 0.1) is 5.41 Å². The molecule has 3 nitrogen and oxygen atoms in total. The summed E-state index contributed by atoms with van der Waals surface area (Å²) in [6.07, 6.45) is 4.95. The molecular formula is C11H20N2O. The number of likely N-dealkylation sites (tertiary alicyclic amines) is 1. The van der Waals surface area contributed by atoms with Crippen LogP contribution >= 0.6 is 0 Å². The highest BCUT2D eigenvalue weighted by molar-refractivity contribution is 5.88. The van der Waals surface area contributed by atoms with Gasteiger partial charge in [-0.2, -0.15) is 0 Å². The van der Waals surface area contributed by atoms with Crippen molar-refractivity contribution < 1.29 is 4.79 Å². The van der Waals surface area contributed by atoms with Gasteiger partial charge in [0.15, 0.2) is 0 Å². The zero-order valence-corrected chi connectivity index (χ0v) is 9.12. The third-order valence-corrected chi connectivity index (χ3v) is 3.82. The van der Waals surface area contributed by atoms with E-state index in [0.717, 1.165) is 13.0 Å². The van der Waals surface area contributed by atoms with Gasteiger partial charge in [0.2, 0.25) is 5.91 Å². The molecule has 2 aliphatic rings. The second-order valence-electron chi connectivity index (χ2n) is 5.35. The van der Waals surface area contributed by atoms with Crippen molar-refractivity contribution in [3.05, 3.63) is 0 Å². The molecule has 0 bridgehead atoms. The molecule has 0 radical (unpaired) electrons. The van der Waals surface area contributed by atoms with Crippen molar-refractivity contribution >= 4 is 5.91 Å². The number of nitrogens with zero attached hydrogens (tertiary/aromatic N) is 1. The summed E-state index contributed by atoms with van der Waals surface area (Å²) in [5, 5.41) is 0. The van der Waals surface area contributed by atoms with Crippen molar-refractivity contribution in [3.8, 4) is 0 Å². The van der Waals surface area contributed by atoms with E-state index in [9.17, 15) is 4.79 Å². The molecule has 3 heteroatoms. The zero-order valence-electron chi connectivity index (χ0n) is 9.12. The molecule has 2 fully saturated rings. The molecule has 80 valence electrons. The lowest BCUT2D eigenvalue weighted by Crippen LogP contribution is -2.67. The minimum atomic E-state index is -0.215. The summed E-state index contributed by atoms with van der Waals surface area (Å²) >= 11 is 0. The molecule has 1 amide bonds. The fourth-order valence-corrected chi connectivity index (χ4v) is 2.81. The summed E-state index contributed by atoms with van der Waals surface area (Å²) in [4.78, 5) is 13.5. The predicted octanol–water partition coefficient (Wildman–Crippen LogP) is 1.12. The van der Waals surface area contributed by atoms with Crippen LogP contribution in [0.2, 0.25) is 0 Å². The highest BCUT2D eigenvalue weighted by Gasteiger charge is 2.45. The van der Waals surface area contributed by atoms with E-state index in [1.54, 1.807) is 0 Å². The summed E-state index contributed by atoms with van der Waals surface area (Å²) in [7, 11) is 0. The summed E-state index contributed by atoms with van der Waals surface area (Å²) in [6, 6.07) is 0.219. The van der Waals surface area contributed by atoms with Gasteiger partial charge in [0, 0.05) is 12.6 Å². The minimum Gasteiger partial charge on any atom is -0.336 e. The monoisotopic (exact) mass is 196 g/mol. The molecule has 1 aliphatic carbocycles. The van der Waals surface area contributed by atoms with Crippen LogP contribution in [0.25, 0.3) is 0 Å². The van der Waals surface area contributed by atoms with Crippen LogP contribution in [-0.2, 0) is 4.79 Å². The lowest BCUT2D eigenvalue weighted by molar-refractivity contribution is -0.150. The Labute approximate surface area is 85.6 Å². The first-order chi connectivity index (χ1) is 6.52. The van der Waals surface area contributed by atoms with Gasteiger partial charge in [-0.05, 0) is 18.3 Å². The molecule has 1 heterocycles. The quantitative estimate of drug-likeness (QED) is 0.639. The van der Waals surface area contributed by atoms with Crippen molar-refractivity contribution in [1.82, 2.24) is 4.90 Å². The van der Waals surface area contributed by atoms with Gasteiger partial charge < -0.3 is 10.6 Å². The van der Waals surface area contributed by atoms with E-state index >= 15 is 0 Å². The third kappa shape index (κ3) is 1.44. The summed E-state index contributed by atoms with van der Waals surface area (Å²) in [5.74, 6) is 0.157. The number of amides is 1. The second-order valence-corrected chi connectivity index (χ2v) is 5.35. The smallest absolute Gasteiger partial charge is 0.241 e. The van der Waals surface area contributed by atoms with Crippen molar-refractivity contribution in [2.45, 2.75) is 51.6 Å². The molecule has 2 rings (SSSR count). The molecule has 2 unspecified atom stereocenters.